The molecule has 1 aliphatic carbocycles. The number of aromatic nitrogens is 2. The summed E-state index contributed by atoms with van der Waals surface area (Å²) in [5.41, 5.74) is 1.06. The highest BCUT2D eigenvalue weighted by molar-refractivity contribution is 6.03. The number of ketones is 1. The van der Waals surface area contributed by atoms with Crippen LogP contribution in [0.15, 0.2) is 76.7 Å². The number of hydrogen-bond donors (Lipinski definition) is 1. The molecule has 0 saturated heterocycles. The molecule has 3 aromatic rings. The molecular weight excluding hydrogens is 411 g/mol. The molecule has 4 rings (SSSR count). The lowest BCUT2D eigenvalue weighted by Crippen LogP contribution is -2.24. The van der Waals surface area contributed by atoms with Crippen LogP contribution in [0.4, 0.5) is 19.0 Å². The molecular formula is C22H16F3N3O3. The Morgan fingerprint density at radius 2 is 1.68 bits per heavy atom. The molecule has 158 valence electrons. The number of carbonyl (C=O) groups excluding carboxylic acids is 1. The topological polar surface area (TPSA) is 73.2 Å². The van der Waals surface area contributed by atoms with E-state index in [1.165, 1.54) is 12.1 Å². The Balaban J connectivity index is 1.79. The van der Waals surface area contributed by atoms with Crippen molar-refractivity contribution in [2.75, 3.05) is 5.32 Å². The van der Waals surface area contributed by atoms with E-state index < -0.39 is 17.7 Å². The number of anilines is 1. The van der Waals surface area contributed by atoms with Gasteiger partial charge in [-0.2, -0.15) is 4.68 Å². The second-order valence-corrected chi connectivity index (χ2v) is 6.97. The van der Waals surface area contributed by atoms with Gasteiger partial charge in [0.2, 0.25) is 0 Å². The second-order valence-electron chi connectivity index (χ2n) is 6.97. The third kappa shape index (κ3) is 4.35. The maximum absolute atomic E-state index is 13.0. The summed E-state index contributed by atoms with van der Waals surface area (Å²) in [5.74, 6) is -0.251. The minimum absolute atomic E-state index is 0.114. The summed E-state index contributed by atoms with van der Waals surface area (Å²) in [6.07, 6.45) is -1.07. The summed E-state index contributed by atoms with van der Waals surface area (Å²) in [7, 11) is 0. The van der Waals surface area contributed by atoms with Crippen molar-refractivity contribution in [1.29, 1.82) is 0 Å². The first kappa shape index (κ1) is 20.4. The number of rotatable bonds is 4. The molecule has 1 aromatic heterocycles. The van der Waals surface area contributed by atoms with E-state index in [4.69, 9.17) is 0 Å². The molecule has 1 heterocycles. The Bertz CT molecular complexity index is 1290. The Kier molecular flexibility index (Phi) is 5.10. The van der Waals surface area contributed by atoms with Gasteiger partial charge in [0.05, 0.1) is 16.8 Å². The van der Waals surface area contributed by atoms with Crippen molar-refractivity contribution in [2.45, 2.75) is 19.7 Å². The highest BCUT2D eigenvalue weighted by Gasteiger charge is 2.31. The van der Waals surface area contributed by atoms with E-state index in [2.05, 4.69) is 15.2 Å². The van der Waals surface area contributed by atoms with E-state index in [-0.39, 0.29) is 23.7 Å². The molecule has 0 atom stereocenters. The summed E-state index contributed by atoms with van der Waals surface area (Å²) in [4.78, 5) is 25.3. The van der Waals surface area contributed by atoms with Crippen molar-refractivity contribution in [3.63, 3.8) is 0 Å². The minimum Gasteiger partial charge on any atom is -0.406 e. The predicted molar refractivity (Wildman–Crippen MR) is 109 cm³/mol. The standard InChI is InChI=1S/C22H16F3N3O3/c1-13-6-11-18(19(29)12-13)26-20-16-4-2-3-5-17(16)21(30)28(27-20)14-7-9-15(10-8-14)31-22(23,24)25/h2-11H,12H2,1H3,(H,26,27). The summed E-state index contributed by atoms with van der Waals surface area (Å²) in [6.45, 7) is 1.85. The number of hydrogen-bond acceptors (Lipinski definition) is 5. The van der Waals surface area contributed by atoms with E-state index in [1.54, 1.807) is 30.3 Å². The Labute approximate surface area is 174 Å². The molecule has 0 aliphatic heterocycles. The second kappa shape index (κ2) is 7.75. The number of benzene rings is 2. The maximum atomic E-state index is 13.0. The zero-order valence-corrected chi connectivity index (χ0v) is 16.2. The fraction of sp³-hybridized carbons (Fsp3) is 0.136. The van der Waals surface area contributed by atoms with Gasteiger partial charge in [0.25, 0.3) is 5.56 Å². The van der Waals surface area contributed by atoms with Gasteiger partial charge < -0.3 is 10.1 Å². The third-order valence-corrected chi connectivity index (χ3v) is 4.65. The van der Waals surface area contributed by atoms with Crippen LogP contribution in [-0.4, -0.2) is 21.9 Å². The lowest BCUT2D eigenvalue weighted by molar-refractivity contribution is -0.274. The summed E-state index contributed by atoms with van der Waals surface area (Å²) >= 11 is 0. The molecule has 31 heavy (non-hydrogen) atoms. The highest BCUT2D eigenvalue weighted by Crippen LogP contribution is 2.25. The van der Waals surface area contributed by atoms with Gasteiger partial charge in [-0.1, -0.05) is 29.8 Å². The fourth-order valence-electron chi connectivity index (χ4n) is 3.21. The van der Waals surface area contributed by atoms with E-state index >= 15 is 0 Å². The average molecular weight is 427 g/mol. The van der Waals surface area contributed by atoms with Crippen LogP contribution in [0.5, 0.6) is 5.75 Å². The van der Waals surface area contributed by atoms with Gasteiger partial charge in [0.15, 0.2) is 11.6 Å². The van der Waals surface area contributed by atoms with Crippen LogP contribution in [0, 0.1) is 0 Å². The van der Waals surface area contributed by atoms with E-state index in [1.807, 2.05) is 13.0 Å². The van der Waals surface area contributed by atoms with Crippen LogP contribution in [0.3, 0.4) is 0 Å². The summed E-state index contributed by atoms with van der Waals surface area (Å²) in [6, 6.07) is 11.5. The van der Waals surface area contributed by atoms with Crippen molar-refractivity contribution in [2.24, 2.45) is 0 Å². The monoisotopic (exact) mass is 427 g/mol. The van der Waals surface area contributed by atoms with Crippen LogP contribution >= 0.6 is 0 Å². The van der Waals surface area contributed by atoms with Crippen molar-refractivity contribution in [3.05, 3.63) is 82.3 Å². The molecule has 1 N–H and O–H groups in total. The summed E-state index contributed by atoms with van der Waals surface area (Å²) in [5, 5.41) is 8.19. The smallest absolute Gasteiger partial charge is 0.406 e. The van der Waals surface area contributed by atoms with Crippen LogP contribution in [0.25, 0.3) is 16.5 Å². The first-order valence-electron chi connectivity index (χ1n) is 9.27. The van der Waals surface area contributed by atoms with Crippen molar-refractivity contribution in [1.82, 2.24) is 9.78 Å². The summed E-state index contributed by atoms with van der Waals surface area (Å²) < 4.78 is 42.1. The first-order chi connectivity index (χ1) is 14.7. The highest BCUT2D eigenvalue weighted by atomic mass is 19.4. The van der Waals surface area contributed by atoms with Crippen LogP contribution in [0.1, 0.15) is 13.3 Å². The normalized spacial score (nSPS) is 14.3. The van der Waals surface area contributed by atoms with E-state index in [0.29, 0.717) is 16.5 Å². The fourth-order valence-corrected chi connectivity index (χ4v) is 3.21. The molecule has 9 heteroatoms. The number of carbonyl (C=O) groups is 1. The molecule has 0 saturated carbocycles. The molecule has 6 nitrogen and oxygen atoms in total. The van der Waals surface area contributed by atoms with Gasteiger partial charge >= 0.3 is 6.36 Å². The lowest BCUT2D eigenvalue weighted by Gasteiger charge is -2.16. The van der Waals surface area contributed by atoms with Gasteiger partial charge in [-0.15, -0.1) is 18.3 Å². The van der Waals surface area contributed by atoms with Gasteiger partial charge in [-0.3, -0.25) is 9.59 Å². The lowest BCUT2D eigenvalue weighted by atomic mass is 10.0. The molecule has 2 aromatic carbocycles. The number of halogens is 3. The Hall–Kier alpha value is -3.88. The van der Waals surface area contributed by atoms with Crippen LogP contribution in [0.2, 0.25) is 0 Å². The predicted octanol–water partition coefficient (Wildman–Crippen LogP) is 4.50. The molecule has 0 radical (unpaired) electrons. The number of nitrogens with zero attached hydrogens (tertiary/aromatic N) is 2. The van der Waals surface area contributed by atoms with E-state index in [9.17, 15) is 22.8 Å². The minimum atomic E-state index is -4.82. The number of fused-ring (bicyclic) bond motifs is 1. The van der Waals surface area contributed by atoms with Gasteiger partial charge in [-0.05, 0) is 43.3 Å². The third-order valence-electron chi connectivity index (χ3n) is 4.65. The van der Waals surface area contributed by atoms with Crippen LogP contribution < -0.4 is 15.6 Å². The van der Waals surface area contributed by atoms with Crippen LogP contribution in [-0.2, 0) is 4.79 Å². The molecule has 0 spiro atoms. The number of allylic oxidation sites excluding steroid dienone is 4. The van der Waals surface area contributed by atoms with Gasteiger partial charge in [-0.25, -0.2) is 0 Å². The van der Waals surface area contributed by atoms with Crippen molar-refractivity contribution >= 4 is 22.4 Å². The average Bonchev–Trinajstić information content (AvgIpc) is 2.71. The van der Waals surface area contributed by atoms with Gasteiger partial charge in [0.1, 0.15) is 5.75 Å². The number of ether oxygens (including phenoxy) is 1. The quantitative estimate of drug-likeness (QED) is 0.664. The first-order valence-corrected chi connectivity index (χ1v) is 9.27. The maximum Gasteiger partial charge on any atom is 0.573 e. The Morgan fingerprint density at radius 1 is 1.00 bits per heavy atom. The SMILES string of the molecule is CC1=CC=C(Nc2nn(-c3ccc(OC(F)(F)F)cc3)c(=O)c3ccccc23)C(=O)C1. The number of alkyl halides is 3. The van der Waals surface area contributed by atoms with E-state index in [0.717, 1.165) is 22.4 Å². The largest absolute Gasteiger partial charge is 0.573 e. The zero-order chi connectivity index (χ0) is 22.2. The molecule has 0 fully saturated rings. The molecule has 1 aliphatic rings. The number of nitrogens with one attached hydrogen (secondary N) is 1. The zero-order valence-electron chi connectivity index (χ0n) is 16.2. The van der Waals surface area contributed by atoms with Gasteiger partial charge in [0, 0.05) is 11.8 Å². The molecule has 0 amide bonds. The molecule has 0 unspecified atom stereocenters. The van der Waals surface area contributed by atoms with Crippen molar-refractivity contribution < 1.29 is 22.7 Å². The van der Waals surface area contributed by atoms with Crippen molar-refractivity contribution in [3.8, 4) is 11.4 Å². The molecule has 0 bridgehead atoms. The number of Topliss-reactive ketones (excluding diaryl/α,β-unsaturated/α-hetero) is 1. The Morgan fingerprint density at radius 3 is 2.32 bits per heavy atom.